The topological polar surface area (TPSA) is 73.1 Å². The van der Waals surface area contributed by atoms with E-state index in [1.165, 1.54) is 0 Å². The van der Waals surface area contributed by atoms with Crippen molar-refractivity contribution in [3.8, 4) is 17.3 Å². The van der Waals surface area contributed by atoms with E-state index in [1.807, 2.05) is 13.0 Å². The third-order valence-corrected chi connectivity index (χ3v) is 3.12. The van der Waals surface area contributed by atoms with Crippen LogP contribution in [0.15, 0.2) is 23.0 Å². The normalized spacial score (nSPS) is 18.7. The van der Waals surface area contributed by atoms with Crippen LogP contribution in [0.25, 0.3) is 11.4 Å². The van der Waals surface area contributed by atoms with Gasteiger partial charge in [-0.3, -0.25) is 0 Å². The molecule has 2 aromatic heterocycles. The second-order valence-electron chi connectivity index (χ2n) is 4.41. The number of hydrogen-bond donors (Lipinski definition) is 1. The van der Waals surface area contributed by atoms with Crippen LogP contribution in [0, 0.1) is 0 Å². The largest absolute Gasteiger partial charge is 0.476 e. The molecule has 2 aromatic rings. The SMILES string of the molecule is CCOc1nccnc1-c1cc(C2CCCN2)on1. The second kappa shape index (κ2) is 5.36. The van der Waals surface area contributed by atoms with Crippen LogP contribution in [-0.4, -0.2) is 28.3 Å². The van der Waals surface area contributed by atoms with Crippen molar-refractivity contribution in [2.45, 2.75) is 25.8 Å². The predicted octanol–water partition coefficient (Wildman–Crippen LogP) is 1.95. The lowest BCUT2D eigenvalue weighted by atomic mass is 10.1. The molecule has 0 bridgehead atoms. The average Bonchev–Trinajstić information content (AvgIpc) is 3.11. The first-order valence-electron chi connectivity index (χ1n) is 6.52. The molecule has 3 heterocycles. The minimum absolute atomic E-state index is 0.258. The number of ether oxygens (including phenoxy) is 1. The van der Waals surface area contributed by atoms with Gasteiger partial charge < -0.3 is 14.6 Å². The van der Waals surface area contributed by atoms with E-state index in [9.17, 15) is 0 Å². The van der Waals surface area contributed by atoms with Gasteiger partial charge in [-0.2, -0.15) is 0 Å². The van der Waals surface area contributed by atoms with Crippen LogP contribution in [0.3, 0.4) is 0 Å². The van der Waals surface area contributed by atoms with Crippen LogP contribution < -0.4 is 10.1 Å². The Hall–Kier alpha value is -1.95. The molecule has 1 saturated heterocycles. The molecular weight excluding hydrogens is 244 g/mol. The summed E-state index contributed by atoms with van der Waals surface area (Å²) in [4.78, 5) is 8.45. The molecule has 1 N–H and O–H groups in total. The molecule has 0 aromatic carbocycles. The summed E-state index contributed by atoms with van der Waals surface area (Å²) in [6, 6.07) is 2.17. The highest BCUT2D eigenvalue weighted by molar-refractivity contribution is 5.59. The summed E-state index contributed by atoms with van der Waals surface area (Å²) in [5.41, 5.74) is 1.29. The third-order valence-electron chi connectivity index (χ3n) is 3.12. The van der Waals surface area contributed by atoms with E-state index in [0.717, 1.165) is 25.1 Å². The van der Waals surface area contributed by atoms with Gasteiger partial charge in [-0.05, 0) is 26.3 Å². The van der Waals surface area contributed by atoms with Crippen molar-refractivity contribution < 1.29 is 9.26 Å². The second-order valence-corrected chi connectivity index (χ2v) is 4.41. The van der Waals surface area contributed by atoms with Crippen molar-refractivity contribution in [1.82, 2.24) is 20.4 Å². The van der Waals surface area contributed by atoms with Crippen molar-refractivity contribution in [3.05, 3.63) is 24.2 Å². The monoisotopic (exact) mass is 260 g/mol. The third kappa shape index (κ3) is 2.44. The molecule has 1 aliphatic rings. The Labute approximate surface area is 111 Å². The molecule has 1 fully saturated rings. The van der Waals surface area contributed by atoms with Gasteiger partial charge in [-0.25, -0.2) is 9.97 Å². The van der Waals surface area contributed by atoms with E-state index in [-0.39, 0.29) is 6.04 Å². The van der Waals surface area contributed by atoms with Gasteiger partial charge in [-0.15, -0.1) is 0 Å². The first-order chi connectivity index (χ1) is 9.38. The summed E-state index contributed by atoms with van der Waals surface area (Å²) in [6.45, 7) is 3.48. The van der Waals surface area contributed by atoms with Gasteiger partial charge in [0.25, 0.3) is 0 Å². The quantitative estimate of drug-likeness (QED) is 0.905. The summed E-state index contributed by atoms with van der Waals surface area (Å²) < 4.78 is 10.9. The van der Waals surface area contributed by atoms with Gasteiger partial charge in [0, 0.05) is 18.5 Å². The zero-order valence-electron chi connectivity index (χ0n) is 10.8. The maximum absolute atomic E-state index is 5.46. The molecule has 19 heavy (non-hydrogen) atoms. The summed E-state index contributed by atoms with van der Waals surface area (Å²) >= 11 is 0. The fourth-order valence-electron chi connectivity index (χ4n) is 2.24. The molecule has 0 saturated carbocycles. The lowest BCUT2D eigenvalue weighted by Crippen LogP contribution is -2.11. The standard InChI is InChI=1S/C13H16N4O2/c1-2-18-13-12(15-6-7-16-13)10-8-11(19-17-10)9-4-3-5-14-9/h6-9,14H,2-5H2,1H3. The van der Waals surface area contributed by atoms with Gasteiger partial charge in [-0.1, -0.05) is 5.16 Å². The van der Waals surface area contributed by atoms with Gasteiger partial charge >= 0.3 is 0 Å². The molecule has 1 unspecified atom stereocenters. The van der Waals surface area contributed by atoms with Crippen LogP contribution in [0.1, 0.15) is 31.6 Å². The maximum atomic E-state index is 5.46. The molecule has 1 atom stereocenters. The van der Waals surface area contributed by atoms with E-state index in [4.69, 9.17) is 9.26 Å². The first kappa shape index (κ1) is 12.1. The average molecular weight is 260 g/mol. The zero-order chi connectivity index (χ0) is 13.1. The Bertz CT molecular complexity index is 549. The highest BCUT2D eigenvalue weighted by Gasteiger charge is 2.22. The molecule has 1 aliphatic heterocycles. The molecule has 3 rings (SSSR count). The Balaban J connectivity index is 1.89. The fourth-order valence-corrected chi connectivity index (χ4v) is 2.24. The summed E-state index contributed by atoms with van der Waals surface area (Å²) in [6.07, 6.45) is 5.47. The van der Waals surface area contributed by atoms with Crippen molar-refractivity contribution in [2.75, 3.05) is 13.2 Å². The number of rotatable bonds is 4. The van der Waals surface area contributed by atoms with Crippen molar-refractivity contribution >= 4 is 0 Å². The van der Waals surface area contributed by atoms with Crippen molar-refractivity contribution in [1.29, 1.82) is 0 Å². The fraction of sp³-hybridized carbons (Fsp3) is 0.462. The molecular formula is C13H16N4O2. The van der Waals surface area contributed by atoms with E-state index >= 15 is 0 Å². The summed E-state index contributed by atoms with van der Waals surface area (Å²) in [5, 5.41) is 7.45. The van der Waals surface area contributed by atoms with Gasteiger partial charge in [0.15, 0.2) is 11.5 Å². The Kier molecular flexibility index (Phi) is 3.41. The summed E-state index contributed by atoms with van der Waals surface area (Å²) in [7, 11) is 0. The van der Waals surface area contributed by atoms with Crippen molar-refractivity contribution in [3.63, 3.8) is 0 Å². The highest BCUT2D eigenvalue weighted by atomic mass is 16.5. The van der Waals surface area contributed by atoms with Gasteiger partial charge in [0.2, 0.25) is 5.88 Å². The lowest BCUT2D eigenvalue weighted by molar-refractivity contribution is 0.325. The number of nitrogens with one attached hydrogen (secondary N) is 1. The van der Waals surface area contributed by atoms with Crippen LogP contribution in [-0.2, 0) is 0 Å². The minimum atomic E-state index is 0.258. The Morgan fingerprint density at radius 2 is 2.32 bits per heavy atom. The molecule has 0 spiro atoms. The van der Waals surface area contributed by atoms with E-state index in [0.29, 0.717) is 23.9 Å². The molecule has 6 nitrogen and oxygen atoms in total. The van der Waals surface area contributed by atoms with Crippen LogP contribution >= 0.6 is 0 Å². The van der Waals surface area contributed by atoms with E-state index < -0.39 is 0 Å². The van der Waals surface area contributed by atoms with E-state index in [2.05, 4.69) is 20.4 Å². The molecule has 0 radical (unpaired) electrons. The summed E-state index contributed by atoms with van der Waals surface area (Å²) in [5.74, 6) is 1.34. The van der Waals surface area contributed by atoms with E-state index in [1.54, 1.807) is 12.4 Å². The maximum Gasteiger partial charge on any atom is 0.242 e. The lowest BCUT2D eigenvalue weighted by Gasteiger charge is -2.04. The number of nitrogens with zero attached hydrogens (tertiary/aromatic N) is 3. The van der Waals surface area contributed by atoms with Gasteiger partial charge in [0.1, 0.15) is 5.69 Å². The first-order valence-corrected chi connectivity index (χ1v) is 6.52. The minimum Gasteiger partial charge on any atom is -0.476 e. The van der Waals surface area contributed by atoms with Crippen LogP contribution in [0.2, 0.25) is 0 Å². The Morgan fingerprint density at radius 1 is 1.42 bits per heavy atom. The van der Waals surface area contributed by atoms with Crippen molar-refractivity contribution in [2.24, 2.45) is 0 Å². The number of hydrogen-bond acceptors (Lipinski definition) is 6. The Morgan fingerprint density at radius 3 is 3.11 bits per heavy atom. The van der Waals surface area contributed by atoms with Crippen LogP contribution in [0.4, 0.5) is 0 Å². The number of aromatic nitrogens is 3. The molecule has 100 valence electrons. The smallest absolute Gasteiger partial charge is 0.242 e. The zero-order valence-corrected chi connectivity index (χ0v) is 10.8. The molecule has 0 aliphatic carbocycles. The van der Waals surface area contributed by atoms with Gasteiger partial charge in [0.05, 0.1) is 12.6 Å². The highest BCUT2D eigenvalue weighted by Crippen LogP contribution is 2.29. The molecule has 0 amide bonds. The predicted molar refractivity (Wildman–Crippen MR) is 68.7 cm³/mol. The molecule has 6 heteroatoms. The van der Waals surface area contributed by atoms with Crippen LogP contribution in [0.5, 0.6) is 5.88 Å².